The first kappa shape index (κ1) is 21.3. The molecule has 0 aliphatic carbocycles. The SMILES string of the molecule is CCNC(=NCc1ccc(F)cc1)NC1CCN(c2ncccc2F)C1.I. The fraction of sp³-hybridized carbons (Fsp3) is 0.368. The van der Waals surface area contributed by atoms with Crippen LogP contribution >= 0.6 is 24.0 Å². The molecule has 8 heteroatoms. The van der Waals surface area contributed by atoms with E-state index in [2.05, 4.69) is 20.6 Å². The van der Waals surface area contributed by atoms with Gasteiger partial charge in [-0.1, -0.05) is 12.1 Å². The van der Waals surface area contributed by atoms with Gasteiger partial charge in [0.25, 0.3) is 0 Å². The number of halogens is 3. The van der Waals surface area contributed by atoms with Crippen molar-refractivity contribution in [3.63, 3.8) is 0 Å². The summed E-state index contributed by atoms with van der Waals surface area (Å²) in [7, 11) is 0. The first-order chi connectivity index (χ1) is 12.7. The van der Waals surface area contributed by atoms with Gasteiger partial charge in [-0.15, -0.1) is 24.0 Å². The first-order valence-electron chi connectivity index (χ1n) is 8.80. The molecule has 0 saturated carbocycles. The largest absolute Gasteiger partial charge is 0.357 e. The number of nitrogens with one attached hydrogen (secondary N) is 2. The number of benzene rings is 1. The Bertz CT molecular complexity index is 754. The minimum Gasteiger partial charge on any atom is -0.357 e. The molecule has 1 aliphatic rings. The number of nitrogens with zero attached hydrogens (tertiary/aromatic N) is 3. The van der Waals surface area contributed by atoms with Gasteiger partial charge in [-0.25, -0.2) is 18.8 Å². The highest BCUT2D eigenvalue weighted by Gasteiger charge is 2.25. The van der Waals surface area contributed by atoms with E-state index in [9.17, 15) is 8.78 Å². The Morgan fingerprint density at radius 1 is 1.26 bits per heavy atom. The summed E-state index contributed by atoms with van der Waals surface area (Å²) in [6, 6.07) is 9.49. The van der Waals surface area contributed by atoms with E-state index >= 15 is 0 Å². The summed E-state index contributed by atoms with van der Waals surface area (Å²) in [4.78, 5) is 10.6. The van der Waals surface area contributed by atoms with Crippen LogP contribution in [-0.2, 0) is 6.54 Å². The van der Waals surface area contributed by atoms with Crippen LogP contribution in [0.4, 0.5) is 14.6 Å². The molecule has 2 N–H and O–H groups in total. The van der Waals surface area contributed by atoms with E-state index in [4.69, 9.17) is 0 Å². The number of aromatic nitrogens is 1. The number of guanidine groups is 1. The average Bonchev–Trinajstić information content (AvgIpc) is 3.10. The zero-order valence-electron chi connectivity index (χ0n) is 15.2. The molecule has 5 nitrogen and oxygen atoms in total. The van der Waals surface area contributed by atoms with Crippen LogP contribution < -0.4 is 15.5 Å². The van der Waals surface area contributed by atoms with Gasteiger partial charge in [-0.2, -0.15) is 0 Å². The summed E-state index contributed by atoms with van der Waals surface area (Å²) < 4.78 is 26.9. The molecule has 2 aromatic rings. The van der Waals surface area contributed by atoms with Crippen LogP contribution in [0.1, 0.15) is 18.9 Å². The molecule has 1 saturated heterocycles. The maximum Gasteiger partial charge on any atom is 0.191 e. The Labute approximate surface area is 175 Å². The molecule has 1 aliphatic heterocycles. The summed E-state index contributed by atoms with van der Waals surface area (Å²) in [5.41, 5.74) is 0.937. The molecule has 146 valence electrons. The molecule has 2 heterocycles. The molecule has 0 bridgehead atoms. The van der Waals surface area contributed by atoms with E-state index in [1.54, 1.807) is 24.4 Å². The van der Waals surface area contributed by atoms with E-state index in [1.807, 2.05) is 11.8 Å². The van der Waals surface area contributed by atoms with Crippen LogP contribution in [0, 0.1) is 11.6 Å². The highest BCUT2D eigenvalue weighted by atomic mass is 127. The minimum absolute atomic E-state index is 0. The number of pyridine rings is 1. The number of rotatable bonds is 5. The summed E-state index contributed by atoms with van der Waals surface area (Å²) in [6.45, 7) is 4.60. The summed E-state index contributed by atoms with van der Waals surface area (Å²) in [5.74, 6) is 0.538. The smallest absolute Gasteiger partial charge is 0.191 e. The molecular weight excluding hydrogens is 463 g/mol. The maximum atomic E-state index is 13.9. The van der Waals surface area contributed by atoms with E-state index in [1.165, 1.54) is 18.2 Å². The van der Waals surface area contributed by atoms with Gasteiger partial charge in [0, 0.05) is 31.9 Å². The maximum absolute atomic E-state index is 13.9. The quantitative estimate of drug-likeness (QED) is 0.386. The molecule has 1 fully saturated rings. The number of aliphatic imine (C=N–C) groups is 1. The van der Waals surface area contributed by atoms with E-state index in [0.717, 1.165) is 25.1 Å². The molecule has 1 atom stereocenters. The van der Waals surface area contributed by atoms with Gasteiger partial charge in [0.05, 0.1) is 6.54 Å². The van der Waals surface area contributed by atoms with Crippen LogP contribution in [0.5, 0.6) is 0 Å². The van der Waals surface area contributed by atoms with Gasteiger partial charge in [0.1, 0.15) is 5.82 Å². The first-order valence-corrected chi connectivity index (χ1v) is 8.80. The highest BCUT2D eigenvalue weighted by Crippen LogP contribution is 2.20. The zero-order chi connectivity index (χ0) is 18.4. The van der Waals surface area contributed by atoms with Crippen LogP contribution in [-0.4, -0.2) is 36.6 Å². The van der Waals surface area contributed by atoms with Crippen molar-refractivity contribution in [3.05, 3.63) is 59.8 Å². The van der Waals surface area contributed by atoms with E-state index in [-0.39, 0.29) is 41.7 Å². The molecule has 3 rings (SSSR count). The van der Waals surface area contributed by atoms with Crippen LogP contribution in [0.2, 0.25) is 0 Å². The standard InChI is InChI=1S/C19H23F2N5.HI/c1-2-22-19(24-12-14-5-7-15(20)8-6-14)25-16-9-11-26(13-16)18-17(21)4-3-10-23-18;/h3-8,10,16H,2,9,11-13H2,1H3,(H2,22,24,25);1H. The molecule has 1 unspecified atom stereocenters. The van der Waals surface area contributed by atoms with Crippen molar-refractivity contribution in [2.24, 2.45) is 4.99 Å². The Hall–Kier alpha value is -1.97. The van der Waals surface area contributed by atoms with Crippen LogP contribution in [0.3, 0.4) is 0 Å². The average molecular weight is 487 g/mol. The van der Waals surface area contributed by atoms with Crippen molar-refractivity contribution < 1.29 is 8.78 Å². The van der Waals surface area contributed by atoms with Crippen molar-refractivity contribution in [2.75, 3.05) is 24.5 Å². The van der Waals surface area contributed by atoms with Crippen molar-refractivity contribution in [2.45, 2.75) is 25.9 Å². The lowest BCUT2D eigenvalue weighted by Gasteiger charge is -2.20. The van der Waals surface area contributed by atoms with Gasteiger partial charge >= 0.3 is 0 Å². The van der Waals surface area contributed by atoms with Crippen molar-refractivity contribution in [3.8, 4) is 0 Å². The predicted octanol–water partition coefficient (Wildman–Crippen LogP) is 3.31. The molecule has 0 spiro atoms. The summed E-state index contributed by atoms with van der Waals surface area (Å²) >= 11 is 0. The van der Waals surface area contributed by atoms with Crippen molar-refractivity contribution in [1.82, 2.24) is 15.6 Å². The minimum atomic E-state index is -0.301. The third-order valence-electron chi connectivity index (χ3n) is 4.24. The van der Waals surface area contributed by atoms with E-state index < -0.39 is 0 Å². The van der Waals surface area contributed by atoms with Gasteiger partial charge in [-0.05, 0) is 43.2 Å². The fourth-order valence-corrected chi connectivity index (χ4v) is 2.95. The monoisotopic (exact) mass is 487 g/mol. The second kappa shape index (κ2) is 10.4. The lowest BCUT2D eigenvalue weighted by Crippen LogP contribution is -2.44. The topological polar surface area (TPSA) is 52.6 Å². The molecule has 1 aromatic carbocycles. The molecule has 0 radical (unpaired) electrons. The Balaban J connectivity index is 0.00000261. The molecule has 0 amide bonds. The Morgan fingerprint density at radius 3 is 2.74 bits per heavy atom. The van der Waals surface area contributed by atoms with Crippen LogP contribution in [0.15, 0.2) is 47.6 Å². The predicted molar refractivity (Wildman–Crippen MR) is 115 cm³/mol. The van der Waals surface area contributed by atoms with Crippen LogP contribution in [0.25, 0.3) is 0 Å². The van der Waals surface area contributed by atoms with Gasteiger partial charge < -0.3 is 15.5 Å². The molecule has 1 aromatic heterocycles. The number of anilines is 1. The fourth-order valence-electron chi connectivity index (χ4n) is 2.95. The zero-order valence-corrected chi connectivity index (χ0v) is 17.5. The Kier molecular flexibility index (Phi) is 8.21. The van der Waals surface area contributed by atoms with E-state index in [0.29, 0.717) is 24.9 Å². The summed E-state index contributed by atoms with van der Waals surface area (Å²) in [5, 5.41) is 6.60. The van der Waals surface area contributed by atoms with Gasteiger partial charge in [0.2, 0.25) is 0 Å². The second-order valence-electron chi connectivity index (χ2n) is 6.21. The van der Waals surface area contributed by atoms with Crippen molar-refractivity contribution in [1.29, 1.82) is 0 Å². The summed E-state index contributed by atoms with van der Waals surface area (Å²) in [6.07, 6.45) is 2.48. The van der Waals surface area contributed by atoms with Gasteiger partial charge in [0.15, 0.2) is 17.6 Å². The highest BCUT2D eigenvalue weighted by molar-refractivity contribution is 14.0. The lowest BCUT2D eigenvalue weighted by molar-refractivity contribution is 0.612. The number of hydrogen-bond donors (Lipinski definition) is 2. The normalized spacial score (nSPS) is 16.8. The molecular formula is C19H24F2IN5. The molecule has 27 heavy (non-hydrogen) atoms. The second-order valence-corrected chi connectivity index (χ2v) is 6.21. The third-order valence-corrected chi connectivity index (χ3v) is 4.24. The third kappa shape index (κ3) is 6.02. The number of hydrogen-bond acceptors (Lipinski definition) is 3. The Morgan fingerprint density at radius 2 is 2.04 bits per heavy atom. The lowest BCUT2D eigenvalue weighted by atomic mass is 10.2. The van der Waals surface area contributed by atoms with Gasteiger partial charge in [-0.3, -0.25) is 0 Å². The van der Waals surface area contributed by atoms with Crippen molar-refractivity contribution >= 4 is 35.8 Å².